The summed E-state index contributed by atoms with van der Waals surface area (Å²) in [5.41, 5.74) is 2.50. The number of benzene rings is 1. The molecule has 0 unspecified atom stereocenters. The number of nitrogens with one attached hydrogen (secondary N) is 1. The number of anilines is 1. The number of nitrogens with zero attached hydrogens (tertiary/aromatic N) is 2. The molecule has 1 aliphatic rings. The lowest BCUT2D eigenvalue weighted by Gasteiger charge is -2.16. The van der Waals surface area contributed by atoms with E-state index in [1.54, 1.807) is 53.7 Å². The van der Waals surface area contributed by atoms with Crippen LogP contribution in [-0.2, 0) is 21.2 Å². The highest BCUT2D eigenvalue weighted by Gasteiger charge is 2.25. The molecule has 6 nitrogen and oxygen atoms in total. The molecule has 0 radical (unpaired) electrons. The third-order valence-corrected chi connectivity index (χ3v) is 5.33. The first-order valence-corrected chi connectivity index (χ1v) is 8.95. The highest BCUT2D eigenvalue weighted by atomic mass is 32.2. The van der Waals surface area contributed by atoms with Gasteiger partial charge in [0.15, 0.2) is 0 Å². The van der Waals surface area contributed by atoms with Crippen LogP contribution in [0.25, 0.3) is 6.08 Å². The highest BCUT2D eigenvalue weighted by molar-refractivity contribution is 7.89. The predicted octanol–water partition coefficient (Wildman–Crippen LogP) is 1.59. The molecule has 1 amide bonds. The summed E-state index contributed by atoms with van der Waals surface area (Å²) >= 11 is 0. The summed E-state index contributed by atoms with van der Waals surface area (Å²) in [5.74, 6) is -0.176. The number of pyridine rings is 1. The van der Waals surface area contributed by atoms with Gasteiger partial charge >= 0.3 is 0 Å². The maximum Gasteiger partial charge on any atom is 0.251 e. The Hall–Kier alpha value is -2.51. The van der Waals surface area contributed by atoms with Gasteiger partial charge in [0, 0.05) is 30.7 Å². The van der Waals surface area contributed by atoms with Crippen molar-refractivity contribution in [2.24, 2.45) is 0 Å². The van der Waals surface area contributed by atoms with E-state index in [1.807, 2.05) is 0 Å². The molecule has 1 aromatic heterocycles. The van der Waals surface area contributed by atoms with Crippen molar-refractivity contribution in [3.05, 3.63) is 59.9 Å². The summed E-state index contributed by atoms with van der Waals surface area (Å²) in [6.07, 6.45) is 7.23. The second-order valence-electron chi connectivity index (χ2n) is 5.35. The zero-order valence-corrected chi connectivity index (χ0v) is 14.0. The van der Waals surface area contributed by atoms with Gasteiger partial charge in [0.25, 0.3) is 5.91 Å². The van der Waals surface area contributed by atoms with E-state index in [4.69, 9.17) is 0 Å². The number of fused-ring (bicyclic) bond motifs is 1. The molecular weight excluding hydrogens is 326 g/mol. The van der Waals surface area contributed by atoms with E-state index in [9.17, 15) is 13.2 Å². The topological polar surface area (TPSA) is 79.4 Å². The monoisotopic (exact) mass is 343 g/mol. The molecule has 1 aromatic carbocycles. The molecule has 0 saturated heterocycles. The molecule has 2 aromatic rings. The highest BCUT2D eigenvalue weighted by Crippen LogP contribution is 2.30. The Morgan fingerprint density at radius 1 is 1.25 bits per heavy atom. The van der Waals surface area contributed by atoms with Crippen LogP contribution in [0.4, 0.5) is 5.69 Å². The molecule has 0 spiro atoms. The van der Waals surface area contributed by atoms with Crippen molar-refractivity contribution in [1.29, 1.82) is 0 Å². The molecule has 7 heteroatoms. The Morgan fingerprint density at radius 3 is 2.71 bits per heavy atom. The van der Waals surface area contributed by atoms with Gasteiger partial charge in [-0.25, -0.2) is 13.1 Å². The fourth-order valence-corrected chi connectivity index (χ4v) is 3.35. The van der Waals surface area contributed by atoms with Gasteiger partial charge in [0.2, 0.25) is 10.0 Å². The first kappa shape index (κ1) is 16.4. The minimum atomic E-state index is -3.54. The van der Waals surface area contributed by atoms with Crippen LogP contribution in [0.2, 0.25) is 0 Å². The third kappa shape index (κ3) is 3.22. The number of sulfonamides is 1. The van der Waals surface area contributed by atoms with Crippen molar-refractivity contribution in [3.8, 4) is 0 Å². The molecule has 124 valence electrons. The lowest BCUT2D eigenvalue weighted by atomic mass is 10.2. The Balaban J connectivity index is 1.87. The zero-order chi connectivity index (χ0) is 17.2. The van der Waals surface area contributed by atoms with Crippen molar-refractivity contribution >= 4 is 27.7 Å². The average Bonchev–Trinajstić information content (AvgIpc) is 3.04. The number of aromatic nitrogens is 1. The van der Waals surface area contributed by atoms with Crippen LogP contribution >= 0.6 is 0 Å². The largest absolute Gasteiger partial charge is 0.308 e. The van der Waals surface area contributed by atoms with Crippen molar-refractivity contribution < 1.29 is 13.2 Å². The van der Waals surface area contributed by atoms with Crippen molar-refractivity contribution in [3.63, 3.8) is 0 Å². The second kappa shape index (κ2) is 6.54. The Kier molecular flexibility index (Phi) is 4.46. The summed E-state index contributed by atoms with van der Waals surface area (Å²) in [6, 6.07) is 8.48. The first-order chi connectivity index (χ1) is 11.5. The second-order valence-corrected chi connectivity index (χ2v) is 7.24. The smallest absolute Gasteiger partial charge is 0.251 e. The van der Waals surface area contributed by atoms with Crippen LogP contribution in [0.1, 0.15) is 11.1 Å². The molecule has 0 saturated carbocycles. The van der Waals surface area contributed by atoms with E-state index in [-0.39, 0.29) is 10.8 Å². The van der Waals surface area contributed by atoms with E-state index in [1.165, 1.54) is 13.1 Å². The lowest BCUT2D eigenvalue weighted by Crippen LogP contribution is -2.27. The van der Waals surface area contributed by atoms with Gasteiger partial charge in [-0.3, -0.25) is 9.78 Å². The molecule has 0 aliphatic carbocycles. The fourth-order valence-electron chi connectivity index (χ4n) is 2.60. The van der Waals surface area contributed by atoms with Gasteiger partial charge in [-0.15, -0.1) is 0 Å². The summed E-state index contributed by atoms with van der Waals surface area (Å²) < 4.78 is 26.2. The maximum atomic E-state index is 12.5. The predicted molar refractivity (Wildman–Crippen MR) is 92.0 cm³/mol. The van der Waals surface area contributed by atoms with Crippen LogP contribution in [0.5, 0.6) is 0 Å². The number of amides is 1. The van der Waals surface area contributed by atoms with Gasteiger partial charge in [-0.05, 0) is 54.9 Å². The fraction of sp³-hybridized carbons (Fsp3) is 0.176. The van der Waals surface area contributed by atoms with E-state index in [2.05, 4.69) is 9.71 Å². The number of hydrogen-bond acceptors (Lipinski definition) is 4. The van der Waals surface area contributed by atoms with E-state index >= 15 is 0 Å². The van der Waals surface area contributed by atoms with Crippen LogP contribution < -0.4 is 9.62 Å². The van der Waals surface area contributed by atoms with Crippen LogP contribution in [0.3, 0.4) is 0 Å². The van der Waals surface area contributed by atoms with Crippen LogP contribution in [-0.4, -0.2) is 32.9 Å². The number of carbonyl (C=O) groups is 1. The summed E-state index contributed by atoms with van der Waals surface area (Å²) in [7, 11) is -2.17. The molecule has 2 heterocycles. The van der Waals surface area contributed by atoms with Crippen molar-refractivity contribution in [1.82, 2.24) is 9.71 Å². The van der Waals surface area contributed by atoms with Gasteiger partial charge < -0.3 is 4.90 Å². The number of carbonyl (C=O) groups excluding carboxylic acids is 1. The van der Waals surface area contributed by atoms with Crippen molar-refractivity contribution in [2.75, 3.05) is 18.5 Å². The molecule has 0 bridgehead atoms. The lowest BCUT2D eigenvalue weighted by molar-refractivity contribution is -0.114. The molecule has 1 N–H and O–H groups in total. The third-order valence-electron chi connectivity index (χ3n) is 3.92. The Morgan fingerprint density at radius 2 is 2.00 bits per heavy atom. The van der Waals surface area contributed by atoms with E-state index in [0.717, 1.165) is 11.1 Å². The van der Waals surface area contributed by atoms with Crippen LogP contribution in [0.15, 0.2) is 53.7 Å². The average molecular weight is 343 g/mol. The van der Waals surface area contributed by atoms with Gasteiger partial charge in [0.05, 0.1) is 4.90 Å². The molecule has 1 aliphatic heterocycles. The summed E-state index contributed by atoms with van der Waals surface area (Å²) in [5, 5.41) is 0. The van der Waals surface area contributed by atoms with E-state index < -0.39 is 10.0 Å². The Bertz CT molecular complexity index is 893. The Labute approximate surface area is 140 Å². The number of hydrogen-bond donors (Lipinski definition) is 1. The minimum absolute atomic E-state index is 0.154. The molecule has 0 atom stereocenters. The molecule has 24 heavy (non-hydrogen) atoms. The van der Waals surface area contributed by atoms with Gasteiger partial charge in [-0.2, -0.15) is 0 Å². The van der Waals surface area contributed by atoms with Crippen molar-refractivity contribution in [2.45, 2.75) is 11.3 Å². The van der Waals surface area contributed by atoms with Gasteiger partial charge in [0.1, 0.15) is 0 Å². The number of rotatable bonds is 4. The summed E-state index contributed by atoms with van der Waals surface area (Å²) in [6.45, 7) is 0.540. The first-order valence-electron chi connectivity index (χ1n) is 7.47. The summed E-state index contributed by atoms with van der Waals surface area (Å²) in [4.78, 5) is 18.2. The maximum absolute atomic E-state index is 12.5. The van der Waals surface area contributed by atoms with Crippen LogP contribution in [0, 0.1) is 0 Å². The normalized spacial score (nSPS) is 14.1. The molecule has 3 rings (SSSR count). The SMILES string of the molecule is CNS(=O)(=O)c1ccc2c(c1)N(C(=O)C=Cc1ccncc1)CC2. The van der Waals surface area contributed by atoms with Gasteiger partial charge in [-0.1, -0.05) is 6.07 Å². The quantitative estimate of drug-likeness (QED) is 0.855. The molecular formula is C17H17N3O3S. The zero-order valence-electron chi connectivity index (χ0n) is 13.1. The van der Waals surface area contributed by atoms with E-state index in [0.29, 0.717) is 18.7 Å². The minimum Gasteiger partial charge on any atom is -0.308 e. The molecule has 0 fully saturated rings. The standard InChI is InChI=1S/C17H17N3O3S/c1-18-24(22,23)15-4-3-14-8-11-20(16(14)12-15)17(21)5-2-13-6-9-19-10-7-13/h2-7,9-10,12,18H,8,11H2,1H3.